The van der Waals surface area contributed by atoms with Crippen molar-refractivity contribution in [2.75, 3.05) is 6.54 Å². The van der Waals surface area contributed by atoms with Gasteiger partial charge >= 0.3 is 0 Å². The molecule has 1 N–H and O–H groups in total. The Kier molecular flexibility index (Phi) is 5.91. The largest absolute Gasteiger partial charge is 0.310 e. The average Bonchev–Trinajstić information content (AvgIpc) is 2.62. The molecule has 1 aliphatic carbocycles. The monoisotopic (exact) mass is 259 g/mol. The topological polar surface area (TPSA) is 12.0 Å². The van der Waals surface area contributed by atoms with Gasteiger partial charge in [-0.1, -0.05) is 51.0 Å². The minimum Gasteiger partial charge on any atom is -0.310 e. The molecule has 106 valence electrons. The molecule has 19 heavy (non-hydrogen) atoms. The Labute approximate surface area is 118 Å². The third-order valence-corrected chi connectivity index (χ3v) is 4.43. The zero-order valence-electron chi connectivity index (χ0n) is 12.6. The molecule has 1 aromatic carbocycles. The van der Waals surface area contributed by atoms with Crippen molar-refractivity contribution >= 4 is 0 Å². The molecule has 0 saturated heterocycles. The van der Waals surface area contributed by atoms with E-state index in [-0.39, 0.29) is 0 Å². The summed E-state index contributed by atoms with van der Waals surface area (Å²) in [6.07, 6.45) is 9.30. The van der Waals surface area contributed by atoms with Crippen LogP contribution >= 0.6 is 0 Å². The molecular formula is C18H29N. The highest BCUT2D eigenvalue weighted by Gasteiger charge is 2.26. The predicted molar refractivity (Wildman–Crippen MR) is 83.4 cm³/mol. The Morgan fingerprint density at radius 1 is 1.16 bits per heavy atom. The summed E-state index contributed by atoms with van der Waals surface area (Å²) in [5.74, 6) is 0.829. The first-order valence-electron chi connectivity index (χ1n) is 8.18. The van der Waals surface area contributed by atoms with Gasteiger partial charge in [0.15, 0.2) is 0 Å². The number of rotatable bonds is 6. The van der Waals surface area contributed by atoms with E-state index in [0.717, 1.165) is 12.5 Å². The second-order valence-electron chi connectivity index (χ2n) is 5.93. The fourth-order valence-corrected chi connectivity index (χ4v) is 3.39. The van der Waals surface area contributed by atoms with Gasteiger partial charge in [-0.3, -0.25) is 0 Å². The van der Waals surface area contributed by atoms with Gasteiger partial charge in [-0.2, -0.15) is 0 Å². The summed E-state index contributed by atoms with van der Waals surface area (Å²) in [4.78, 5) is 0. The van der Waals surface area contributed by atoms with Crippen LogP contribution in [0.15, 0.2) is 24.3 Å². The van der Waals surface area contributed by atoms with Crippen LogP contribution in [0.25, 0.3) is 0 Å². The number of nitrogens with one attached hydrogen (secondary N) is 1. The standard InChI is InChI=1S/C18H29N/c1-3-5-9-16-12-8-11-15-10-6-7-13-17(15)18(16)19-14-4-2/h6-7,10,13,16,18-19H,3-5,8-9,11-12,14H2,1-2H3. The van der Waals surface area contributed by atoms with Crippen LogP contribution in [0.2, 0.25) is 0 Å². The zero-order valence-corrected chi connectivity index (χ0v) is 12.6. The van der Waals surface area contributed by atoms with Gasteiger partial charge in [0.25, 0.3) is 0 Å². The Hall–Kier alpha value is -0.820. The van der Waals surface area contributed by atoms with Crippen LogP contribution in [-0.4, -0.2) is 6.54 Å². The molecule has 2 atom stereocenters. The first kappa shape index (κ1) is 14.6. The molecule has 0 bridgehead atoms. The number of hydrogen-bond acceptors (Lipinski definition) is 1. The lowest BCUT2D eigenvalue weighted by Gasteiger charge is -2.28. The molecule has 0 fully saturated rings. The number of aryl methyl sites for hydroxylation is 1. The molecule has 1 aliphatic rings. The normalized spacial score (nSPS) is 22.8. The quantitative estimate of drug-likeness (QED) is 0.719. The fourth-order valence-electron chi connectivity index (χ4n) is 3.39. The van der Waals surface area contributed by atoms with Crippen LogP contribution in [0, 0.1) is 5.92 Å². The van der Waals surface area contributed by atoms with Crippen LogP contribution < -0.4 is 5.32 Å². The molecule has 1 aromatic rings. The van der Waals surface area contributed by atoms with Gasteiger partial charge in [0.1, 0.15) is 0 Å². The lowest BCUT2D eigenvalue weighted by atomic mass is 9.87. The second-order valence-corrected chi connectivity index (χ2v) is 5.93. The number of fused-ring (bicyclic) bond motifs is 1. The summed E-state index contributed by atoms with van der Waals surface area (Å²) in [6, 6.07) is 9.68. The first-order valence-corrected chi connectivity index (χ1v) is 8.18. The van der Waals surface area contributed by atoms with E-state index >= 15 is 0 Å². The summed E-state index contributed by atoms with van der Waals surface area (Å²) in [5, 5.41) is 3.83. The molecule has 1 nitrogen and oxygen atoms in total. The van der Waals surface area contributed by atoms with Crippen molar-refractivity contribution in [3.63, 3.8) is 0 Å². The van der Waals surface area contributed by atoms with Gasteiger partial charge in [-0.15, -0.1) is 0 Å². The molecule has 1 heteroatoms. The molecule has 0 radical (unpaired) electrons. The number of hydrogen-bond donors (Lipinski definition) is 1. The van der Waals surface area contributed by atoms with Crippen LogP contribution in [0.5, 0.6) is 0 Å². The van der Waals surface area contributed by atoms with Gasteiger partial charge in [0.05, 0.1) is 0 Å². The SMILES string of the molecule is CCCCC1CCCc2ccccc2C1NCCC. The van der Waals surface area contributed by atoms with E-state index in [2.05, 4.69) is 43.4 Å². The van der Waals surface area contributed by atoms with E-state index in [1.54, 1.807) is 11.1 Å². The van der Waals surface area contributed by atoms with E-state index in [4.69, 9.17) is 0 Å². The van der Waals surface area contributed by atoms with Crippen LogP contribution in [-0.2, 0) is 6.42 Å². The highest BCUT2D eigenvalue weighted by Crippen LogP contribution is 2.36. The van der Waals surface area contributed by atoms with Crippen molar-refractivity contribution in [1.82, 2.24) is 5.32 Å². The molecule has 0 aliphatic heterocycles. The van der Waals surface area contributed by atoms with Crippen molar-refractivity contribution in [3.05, 3.63) is 35.4 Å². The van der Waals surface area contributed by atoms with Crippen molar-refractivity contribution in [1.29, 1.82) is 0 Å². The van der Waals surface area contributed by atoms with Gasteiger partial charge < -0.3 is 5.32 Å². The molecule has 0 amide bonds. The lowest BCUT2D eigenvalue weighted by Crippen LogP contribution is -2.29. The van der Waals surface area contributed by atoms with E-state index < -0.39 is 0 Å². The molecule has 0 heterocycles. The van der Waals surface area contributed by atoms with E-state index in [0.29, 0.717) is 6.04 Å². The Morgan fingerprint density at radius 2 is 2.00 bits per heavy atom. The van der Waals surface area contributed by atoms with Gasteiger partial charge in [0, 0.05) is 6.04 Å². The number of benzene rings is 1. The zero-order chi connectivity index (χ0) is 13.5. The third kappa shape index (κ3) is 3.82. The van der Waals surface area contributed by atoms with Crippen molar-refractivity contribution in [3.8, 4) is 0 Å². The van der Waals surface area contributed by atoms with Crippen LogP contribution in [0.3, 0.4) is 0 Å². The van der Waals surface area contributed by atoms with E-state index in [1.807, 2.05) is 0 Å². The third-order valence-electron chi connectivity index (χ3n) is 4.43. The fraction of sp³-hybridized carbons (Fsp3) is 0.667. The van der Waals surface area contributed by atoms with Gasteiger partial charge in [-0.05, 0) is 55.7 Å². The van der Waals surface area contributed by atoms with Gasteiger partial charge in [-0.25, -0.2) is 0 Å². The maximum Gasteiger partial charge on any atom is 0.0351 e. The van der Waals surface area contributed by atoms with Crippen molar-refractivity contribution in [2.45, 2.75) is 64.8 Å². The summed E-state index contributed by atoms with van der Waals surface area (Å²) < 4.78 is 0. The first-order chi connectivity index (χ1) is 9.36. The smallest absolute Gasteiger partial charge is 0.0351 e. The maximum atomic E-state index is 3.83. The molecule has 0 saturated carbocycles. The summed E-state index contributed by atoms with van der Waals surface area (Å²) in [6.45, 7) is 5.71. The molecule has 2 rings (SSSR count). The highest BCUT2D eigenvalue weighted by atomic mass is 14.9. The second kappa shape index (κ2) is 7.69. The highest BCUT2D eigenvalue weighted by molar-refractivity contribution is 5.31. The minimum atomic E-state index is 0.588. The average molecular weight is 259 g/mol. The number of unbranched alkanes of at least 4 members (excludes halogenated alkanes) is 1. The molecular weight excluding hydrogens is 230 g/mol. The Bertz CT molecular complexity index is 370. The van der Waals surface area contributed by atoms with Crippen LogP contribution in [0.1, 0.15) is 69.5 Å². The van der Waals surface area contributed by atoms with Crippen molar-refractivity contribution < 1.29 is 0 Å². The summed E-state index contributed by atoms with van der Waals surface area (Å²) in [5.41, 5.74) is 3.16. The van der Waals surface area contributed by atoms with Crippen molar-refractivity contribution in [2.24, 2.45) is 5.92 Å². The Morgan fingerprint density at radius 3 is 2.79 bits per heavy atom. The minimum absolute atomic E-state index is 0.588. The Balaban J connectivity index is 2.19. The molecule has 0 aromatic heterocycles. The maximum absolute atomic E-state index is 3.83. The van der Waals surface area contributed by atoms with E-state index in [9.17, 15) is 0 Å². The van der Waals surface area contributed by atoms with E-state index in [1.165, 1.54) is 44.9 Å². The molecule has 0 spiro atoms. The molecule has 2 unspecified atom stereocenters. The van der Waals surface area contributed by atoms with Gasteiger partial charge in [0.2, 0.25) is 0 Å². The van der Waals surface area contributed by atoms with Crippen LogP contribution in [0.4, 0.5) is 0 Å². The predicted octanol–water partition coefficient (Wildman–Crippen LogP) is 4.87. The lowest BCUT2D eigenvalue weighted by molar-refractivity contribution is 0.317. The summed E-state index contributed by atoms with van der Waals surface area (Å²) in [7, 11) is 0. The summed E-state index contributed by atoms with van der Waals surface area (Å²) >= 11 is 0.